The fourth-order valence-corrected chi connectivity index (χ4v) is 4.27. The van der Waals surface area contributed by atoms with Crippen molar-refractivity contribution in [3.8, 4) is 0 Å². The lowest BCUT2D eigenvalue weighted by Gasteiger charge is -2.47. The number of hydrogen-bond acceptors (Lipinski definition) is 2. The summed E-state index contributed by atoms with van der Waals surface area (Å²) in [7, 11) is 0. The SMILES string of the molecule is C1CCC(N2CCC3(CCNCC3)CC2)CC1. The third kappa shape index (κ3) is 2.68. The molecular weight excluding hydrogens is 208 g/mol. The number of likely N-dealkylation sites (tertiary alicyclic amines) is 1. The van der Waals surface area contributed by atoms with Gasteiger partial charge in [0.25, 0.3) is 0 Å². The maximum absolute atomic E-state index is 3.52. The molecule has 0 atom stereocenters. The molecule has 1 N–H and O–H groups in total. The minimum atomic E-state index is 0.733. The zero-order valence-electron chi connectivity index (χ0n) is 11.2. The van der Waals surface area contributed by atoms with E-state index in [-0.39, 0.29) is 0 Å². The maximum atomic E-state index is 3.52. The lowest BCUT2D eigenvalue weighted by Crippen LogP contribution is -2.48. The highest BCUT2D eigenvalue weighted by molar-refractivity contribution is 4.91. The Bertz CT molecular complexity index is 229. The lowest BCUT2D eigenvalue weighted by atomic mass is 9.71. The summed E-state index contributed by atoms with van der Waals surface area (Å²) in [6.07, 6.45) is 13.2. The van der Waals surface area contributed by atoms with Gasteiger partial charge in [-0.15, -0.1) is 0 Å². The van der Waals surface area contributed by atoms with Gasteiger partial charge in [-0.1, -0.05) is 19.3 Å². The van der Waals surface area contributed by atoms with Crippen molar-refractivity contribution in [2.75, 3.05) is 26.2 Å². The summed E-state index contributed by atoms with van der Waals surface area (Å²) < 4.78 is 0. The Labute approximate surface area is 106 Å². The van der Waals surface area contributed by atoms with Crippen molar-refractivity contribution in [1.82, 2.24) is 10.2 Å². The van der Waals surface area contributed by atoms with Crippen molar-refractivity contribution in [3.63, 3.8) is 0 Å². The van der Waals surface area contributed by atoms with Crippen LogP contribution in [0.25, 0.3) is 0 Å². The molecule has 2 heterocycles. The van der Waals surface area contributed by atoms with Crippen LogP contribution < -0.4 is 5.32 Å². The van der Waals surface area contributed by atoms with Crippen molar-refractivity contribution in [2.45, 2.75) is 63.8 Å². The number of hydrogen-bond donors (Lipinski definition) is 1. The van der Waals surface area contributed by atoms with Gasteiger partial charge in [-0.3, -0.25) is 0 Å². The van der Waals surface area contributed by atoms with Crippen LogP contribution in [0.5, 0.6) is 0 Å². The van der Waals surface area contributed by atoms with Crippen LogP contribution in [0.4, 0.5) is 0 Å². The predicted molar refractivity (Wildman–Crippen MR) is 72.2 cm³/mol. The van der Waals surface area contributed by atoms with Crippen molar-refractivity contribution < 1.29 is 0 Å². The summed E-state index contributed by atoms with van der Waals surface area (Å²) in [5, 5.41) is 3.52. The minimum Gasteiger partial charge on any atom is -0.317 e. The first-order valence-electron chi connectivity index (χ1n) is 7.83. The highest BCUT2D eigenvalue weighted by Gasteiger charge is 2.37. The van der Waals surface area contributed by atoms with E-state index in [1.165, 1.54) is 84.0 Å². The number of nitrogens with zero attached hydrogens (tertiary/aromatic N) is 1. The van der Waals surface area contributed by atoms with E-state index in [9.17, 15) is 0 Å². The van der Waals surface area contributed by atoms with Gasteiger partial charge in [-0.2, -0.15) is 0 Å². The molecule has 0 aromatic carbocycles. The second-order valence-electron chi connectivity index (χ2n) is 6.58. The molecule has 0 aromatic rings. The van der Waals surface area contributed by atoms with Gasteiger partial charge in [0.1, 0.15) is 0 Å². The van der Waals surface area contributed by atoms with Gasteiger partial charge in [0, 0.05) is 6.04 Å². The van der Waals surface area contributed by atoms with E-state index >= 15 is 0 Å². The quantitative estimate of drug-likeness (QED) is 0.753. The zero-order chi connectivity index (χ0) is 11.6. The highest BCUT2D eigenvalue weighted by atomic mass is 15.2. The summed E-state index contributed by atoms with van der Waals surface area (Å²) in [6, 6.07) is 0.947. The Hall–Kier alpha value is -0.0800. The van der Waals surface area contributed by atoms with Crippen LogP contribution in [0, 0.1) is 5.41 Å². The van der Waals surface area contributed by atoms with Gasteiger partial charge in [0.15, 0.2) is 0 Å². The molecule has 98 valence electrons. The smallest absolute Gasteiger partial charge is 0.00952 e. The average molecular weight is 236 g/mol. The van der Waals surface area contributed by atoms with Crippen LogP contribution in [-0.2, 0) is 0 Å². The molecular formula is C15H28N2. The first-order valence-corrected chi connectivity index (χ1v) is 7.83. The molecule has 2 nitrogen and oxygen atoms in total. The molecule has 1 saturated carbocycles. The monoisotopic (exact) mass is 236 g/mol. The first-order chi connectivity index (χ1) is 8.38. The van der Waals surface area contributed by atoms with Crippen LogP contribution in [0.1, 0.15) is 57.8 Å². The van der Waals surface area contributed by atoms with E-state index in [1.54, 1.807) is 0 Å². The summed E-state index contributed by atoms with van der Waals surface area (Å²) in [5.41, 5.74) is 0.733. The van der Waals surface area contributed by atoms with E-state index in [2.05, 4.69) is 10.2 Å². The molecule has 0 unspecified atom stereocenters. The molecule has 3 rings (SSSR count). The van der Waals surface area contributed by atoms with Crippen molar-refractivity contribution in [2.24, 2.45) is 5.41 Å². The van der Waals surface area contributed by atoms with Gasteiger partial charge in [0.2, 0.25) is 0 Å². The largest absolute Gasteiger partial charge is 0.317 e. The summed E-state index contributed by atoms with van der Waals surface area (Å²) >= 11 is 0. The van der Waals surface area contributed by atoms with Crippen molar-refractivity contribution in [1.29, 1.82) is 0 Å². The third-order valence-electron chi connectivity index (χ3n) is 5.61. The Kier molecular flexibility index (Phi) is 3.72. The standard InChI is InChI=1S/C15H28N2/c1-2-4-14(5-3-1)17-12-8-15(9-13-17)6-10-16-11-7-15/h14,16H,1-13H2. The van der Waals surface area contributed by atoms with Crippen LogP contribution in [-0.4, -0.2) is 37.1 Å². The minimum absolute atomic E-state index is 0.733. The average Bonchev–Trinajstić information content (AvgIpc) is 2.42. The maximum Gasteiger partial charge on any atom is 0.00952 e. The third-order valence-corrected chi connectivity index (χ3v) is 5.61. The van der Waals surface area contributed by atoms with Gasteiger partial charge < -0.3 is 10.2 Å². The Morgan fingerprint density at radius 3 is 2.12 bits per heavy atom. The molecule has 0 aromatic heterocycles. The second kappa shape index (κ2) is 5.27. The van der Waals surface area contributed by atoms with E-state index in [4.69, 9.17) is 0 Å². The summed E-state index contributed by atoms with van der Waals surface area (Å²) in [4.78, 5) is 2.83. The summed E-state index contributed by atoms with van der Waals surface area (Å²) in [6.45, 7) is 5.32. The van der Waals surface area contributed by atoms with Crippen molar-refractivity contribution >= 4 is 0 Å². The van der Waals surface area contributed by atoms with Crippen LogP contribution in [0.15, 0.2) is 0 Å². The normalized spacial score (nSPS) is 31.8. The molecule has 1 aliphatic carbocycles. The molecule has 1 spiro atoms. The van der Waals surface area contributed by atoms with Gasteiger partial charge in [-0.05, 0) is 70.1 Å². The highest BCUT2D eigenvalue weighted by Crippen LogP contribution is 2.40. The van der Waals surface area contributed by atoms with E-state index in [0.29, 0.717) is 0 Å². The Morgan fingerprint density at radius 1 is 0.824 bits per heavy atom. The molecule has 0 bridgehead atoms. The van der Waals surface area contributed by atoms with Gasteiger partial charge >= 0.3 is 0 Å². The van der Waals surface area contributed by atoms with Crippen LogP contribution in [0.2, 0.25) is 0 Å². The Morgan fingerprint density at radius 2 is 1.47 bits per heavy atom. The molecule has 3 aliphatic rings. The zero-order valence-corrected chi connectivity index (χ0v) is 11.2. The lowest BCUT2D eigenvalue weighted by molar-refractivity contribution is 0.0395. The Balaban J connectivity index is 1.52. The molecule has 2 saturated heterocycles. The van der Waals surface area contributed by atoms with E-state index in [0.717, 1.165) is 11.5 Å². The number of piperidine rings is 2. The molecule has 0 radical (unpaired) electrons. The van der Waals surface area contributed by atoms with Crippen LogP contribution in [0.3, 0.4) is 0 Å². The topological polar surface area (TPSA) is 15.3 Å². The second-order valence-corrected chi connectivity index (χ2v) is 6.58. The van der Waals surface area contributed by atoms with Crippen molar-refractivity contribution in [3.05, 3.63) is 0 Å². The fourth-order valence-electron chi connectivity index (χ4n) is 4.27. The molecule has 0 amide bonds. The summed E-state index contributed by atoms with van der Waals surface area (Å²) in [5.74, 6) is 0. The van der Waals surface area contributed by atoms with Gasteiger partial charge in [-0.25, -0.2) is 0 Å². The van der Waals surface area contributed by atoms with Gasteiger partial charge in [0.05, 0.1) is 0 Å². The molecule has 2 aliphatic heterocycles. The van der Waals surface area contributed by atoms with Crippen LogP contribution >= 0.6 is 0 Å². The predicted octanol–water partition coefficient (Wildman–Crippen LogP) is 2.78. The number of nitrogens with one attached hydrogen (secondary N) is 1. The van der Waals surface area contributed by atoms with E-state index < -0.39 is 0 Å². The fraction of sp³-hybridized carbons (Fsp3) is 1.00. The molecule has 3 fully saturated rings. The van der Waals surface area contributed by atoms with E-state index in [1.807, 2.05) is 0 Å². The molecule has 17 heavy (non-hydrogen) atoms. The first kappa shape index (κ1) is 12.0. The molecule has 2 heteroatoms. The number of rotatable bonds is 1.